The Bertz CT molecular complexity index is 466. The van der Waals surface area contributed by atoms with E-state index < -0.39 is 0 Å². The van der Waals surface area contributed by atoms with Crippen LogP contribution in [0.3, 0.4) is 0 Å². The summed E-state index contributed by atoms with van der Waals surface area (Å²) in [4.78, 5) is 12.3. The molecule has 3 N–H and O–H groups in total. The monoisotopic (exact) mass is 276 g/mol. The van der Waals surface area contributed by atoms with E-state index in [1.54, 1.807) is 0 Å². The van der Waals surface area contributed by atoms with Crippen LogP contribution < -0.4 is 11.1 Å². The Labute approximate surface area is 122 Å². The largest absolute Gasteiger partial charge is 0.326 e. The van der Waals surface area contributed by atoms with Crippen LogP contribution in [0.25, 0.3) is 0 Å². The van der Waals surface area contributed by atoms with Gasteiger partial charge in [0.2, 0.25) is 0 Å². The molecule has 1 aromatic carbocycles. The fourth-order valence-electron chi connectivity index (χ4n) is 2.28. The Morgan fingerprint density at radius 1 is 1.30 bits per heavy atom. The maximum atomic E-state index is 12.3. The number of carbonyl (C=O) groups excluding carboxylic acids is 1. The van der Waals surface area contributed by atoms with E-state index in [0.717, 1.165) is 29.7 Å². The summed E-state index contributed by atoms with van der Waals surface area (Å²) >= 11 is 0. The smallest absolute Gasteiger partial charge is 0.165 e. The molecular formula is C17H28N2O. The lowest BCUT2D eigenvalue weighted by molar-refractivity contribution is 0.0938. The van der Waals surface area contributed by atoms with E-state index in [1.165, 1.54) is 5.56 Å². The van der Waals surface area contributed by atoms with Crippen molar-refractivity contribution < 1.29 is 4.79 Å². The van der Waals surface area contributed by atoms with E-state index in [4.69, 9.17) is 5.73 Å². The van der Waals surface area contributed by atoms with Gasteiger partial charge < -0.3 is 11.1 Å². The van der Waals surface area contributed by atoms with Crippen LogP contribution in [0, 0.1) is 12.8 Å². The second-order valence-corrected chi connectivity index (χ2v) is 5.86. The summed E-state index contributed by atoms with van der Waals surface area (Å²) in [5.41, 5.74) is 9.85. The molecule has 1 unspecified atom stereocenters. The SMILES string of the molecule is CCC(C)NCc1cc(C)c(C(=O)C(C)C)c(CN)c1. The molecule has 0 aliphatic rings. The first-order chi connectivity index (χ1) is 9.40. The van der Waals surface area contributed by atoms with E-state index in [2.05, 4.69) is 31.3 Å². The van der Waals surface area contributed by atoms with Gasteiger partial charge in [0.05, 0.1) is 0 Å². The first-order valence-corrected chi connectivity index (χ1v) is 7.50. The van der Waals surface area contributed by atoms with Crippen molar-refractivity contribution in [1.82, 2.24) is 5.32 Å². The lowest BCUT2D eigenvalue weighted by Crippen LogP contribution is -2.25. The minimum atomic E-state index is 0.00286. The van der Waals surface area contributed by atoms with Crippen LogP contribution in [0.1, 0.15) is 61.2 Å². The number of Topliss-reactive ketones (excluding diaryl/α,β-unsaturated/α-hetero) is 1. The Hall–Kier alpha value is -1.19. The van der Waals surface area contributed by atoms with Crippen molar-refractivity contribution in [2.75, 3.05) is 0 Å². The third-order valence-corrected chi connectivity index (χ3v) is 3.73. The van der Waals surface area contributed by atoms with Gasteiger partial charge in [0.1, 0.15) is 0 Å². The standard InChI is InChI=1S/C17H28N2O/c1-6-13(5)19-10-14-7-12(4)16(15(8-14)9-18)17(20)11(2)3/h7-8,11,13,19H,6,9-10,18H2,1-5H3. The van der Waals surface area contributed by atoms with E-state index in [-0.39, 0.29) is 11.7 Å². The fourth-order valence-corrected chi connectivity index (χ4v) is 2.28. The molecule has 0 aliphatic carbocycles. The maximum Gasteiger partial charge on any atom is 0.165 e. The summed E-state index contributed by atoms with van der Waals surface area (Å²) in [5.74, 6) is 0.187. The van der Waals surface area contributed by atoms with Crippen LogP contribution in [-0.4, -0.2) is 11.8 Å². The normalized spacial score (nSPS) is 12.8. The zero-order valence-corrected chi connectivity index (χ0v) is 13.4. The third kappa shape index (κ3) is 4.15. The zero-order chi connectivity index (χ0) is 15.3. The van der Waals surface area contributed by atoms with Crippen LogP contribution in [0.2, 0.25) is 0 Å². The molecule has 0 aliphatic heterocycles. The number of hydrogen-bond acceptors (Lipinski definition) is 3. The molecule has 0 heterocycles. The number of nitrogens with two attached hydrogens (primary N) is 1. The summed E-state index contributed by atoms with van der Waals surface area (Å²) < 4.78 is 0. The molecule has 3 heteroatoms. The number of rotatable bonds is 7. The molecule has 3 nitrogen and oxygen atoms in total. The third-order valence-electron chi connectivity index (χ3n) is 3.73. The van der Waals surface area contributed by atoms with Crippen molar-refractivity contribution in [3.05, 3.63) is 34.4 Å². The molecule has 0 saturated heterocycles. The van der Waals surface area contributed by atoms with E-state index >= 15 is 0 Å². The summed E-state index contributed by atoms with van der Waals surface area (Å²) in [7, 11) is 0. The van der Waals surface area contributed by atoms with Gasteiger partial charge in [-0.05, 0) is 37.0 Å². The number of benzene rings is 1. The summed E-state index contributed by atoms with van der Waals surface area (Å²) in [6.45, 7) is 11.4. The van der Waals surface area contributed by atoms with E-state index in [9.17, 15) is 4.79 Å². The highest BCUT2D eigenvalue weighted by molar-refractivity contribution is 6.00. The Kier molecular flexibility index (Phi) is 6.37. The highest BCUT2D eigenvalue weighted by Gasteiger charge is 2.17. The van der Waals surface area contributed by atoms with Crippen molar-refractivity contribution in [2.45, 2.75) is 60.2 Å². The van der Waals surface area contributed by atoms with Crippen LogP contribution in [0.5, 0.6) is 0 Å². The van der Waals surface area contributed by atoms with Crippen molar-refractivity contribution >= 4 is 5.78 Å². The average molecular weight is 276 g/mol. The van der Waals surface area contributed by atoms with Gasteiger partial charge in [-0.25, -0.2) is 0 Å². The fraction of sp³-hybridized carbons (Fsp3) is 0.588. The predicted molar refractivity (Wildman–Crippen MR) is 84.8 cm³/mol. The molecule has 0 saturated carbocycles. The zero-order valence-electron chi connectivity index (χ0n) is 13.4. The first-order valence-electron chi connectivity index (χ1n) is 7.50. The number of hydrogen-bond donors (Lipinski definition) is 2. The minimum absolute atomic E-state index is 0.00286. The summed E-state index contributed by atoms with van der Waals surface area (Å²) in [6, 6.07) is 4.66. The molecule has 0 amide bonds. The molecule has 0 bridgehead atoms. The van der Waals surface area contributed by atoms with Crippen molar-refractivity contribution in [3.8, 4) is 0 Å². The lowest BCUT2D eigenvalue weighted by atomic mass is 9.90. The van der Waals surface area contributed by atoms with Gasteiger partial charge in [-0.15, -0.1) is 0 Å². The minimum Gasteiger partial charge on any atom is -0.326 e. The molecule has 1 atom stereocenters. The highest BCUT2D eigenvalue weighted by Crippen LogP contribution is 2.21. The number of carbonyl (C=O) groups is 1. The topological polar surface area (TPSA) is 55.1 Å². The Morgan fingerprint density at radius 3 is 2.45 bits per heavy atom. The number of nitrogens with one attached hydrogen (secondary N) is 1. The molecule has 1 aromatic rings. The van der Waals surface area contributed by atoms with Gasteiger partial charge in [0.25, 0.3) is 0 Å². The van der Waals surface area contributed by atoms with Gasteiger partial charge in [-0.3, -0.25) is 4.79 Å². The van der Waals surface area contributed by atoms with Crippen LogP contribution in [0.4, 0.5) is 0 Å². The lowest BCUT2D eigenvalue weighted by Gasteiger charge is -2.17. The van der Waals surface area contributed by atoms with Gasteiger partial charge in [0, 0.05) is 30.6 Å². The molecule has 112 valence electrons. The van der Waals surface area contributed by atoms with Gasteiger partial charge in [-0.1, -0.05) is 32.9 Å². The van der Waals surface area contributed by atoms with E-state index in [1.807, 2.05) is 20.8 Å². The Balaban J connectivity index is 3.04. The van der Waals surface area contributed by atoms with Crippen molar-refractivity contribution in [2.24, 2.45) is 11.7 Å². The van der Waals surface area contributed by atoms with Crippen LogP contribution in [-0.2, 0) is 13.1 Å². The molecular weight excluding hydrogens is 248 g/mol. The number of ketones is 1. The van der Waals surface area contributed by atoms with Crippen LogP contribution in [0.15, 0.2) is 12.1 Å². The van der Waals surface area contributed by atoms with E-state index in [0.29, 0.717) is 12.6 Å². The summed E-state index contributed by atoms with van der Waals surface area (Å²) in [6.07, 6.45) is 1.10. The second kappa shape index (κ2) is 7.55. The van der Waals surface area contributed by atoms with Gasteiger partial charge in [0.15, 0.2) is 5.78 Å². The predicted octanol–water partition coefficient (Wildman–Crippen LogP) is 3.18. The second-order valence-electron chi connectivity index (χ2n) is 5.86. The Morgan fingerprint density at radius 2 is 1.95 bits per heavy atom. The molecule has 0 spiro atoms. The van der Waals surface area contributed by atoms with Crippen molar-refractivity contribution in [3.63, 3.8) is 0 Å². The van der Waals surface area contributed by atoms with Crippen molar-refractivity contribution in [1.29, 1.82) is 0 Å². The van der Waals surface area contributed by atoms with Gasteiger partial charge in [-0.2, -0.15) is 0 Å². The highest BCUT2D eigenvalue weighted by atomic mass is 16.1. The maximum absolute atomic E-state index is 12.3. The van der Waals surface area contributed by atoms with Crippen LogP contribution >= 0.6 is 0 Å². The molecule has 0 aromatic heterocycles. The quantitative estimate of drug-likeness (QED) is 0.752. The molecule has 0 radical (unpaired) electrons. The average Bonchev–Trinajstić information content (AvgIpc) is 2.42. The molecule has 0 fully saturated rings. The first kappa shape index (κ1) is 16.9. The van der Waals surface area contributed by atoms with Gasteiger partial charge >= 0.3 is 0 Å². The number of aryl methyl sites for hydroxylation is 1. The summed E-state index contributed by atoms with van der Waals surface area (Å²) in [5, 5.41) is 3.47. The molecule has 1 rings (SSSR count). The molecule has 20 heavy (non-hydrogen) atoms.